The molecule has 4 heteroatoms. The standard InChI is InChI=1S/C11H22N2O2/c1-8(2)13-10-5-3-9(4-6-10)7-12-11(14)15/h8-10,12-13H,3-7H2,1-2H3,(H,14,15). The van der Waals surface area contributed by atoms with Crippen molar-refractivity contribution in [2.45, 2.75) is 51.6 Å². The lowest BCUT2D eigenvalue weighted by atomic mass is 9.86. The second-order valence-electron chi connectivity index (χ2n) is 4.73. The van der Waals surface area contributed by atoms with Crippen molar-refractivity contribution in [3.05, 3.63) is 0 Å². The summed E-state index contributed by atoms with van der Waals surface area (Å²) in [7, 11) is 0. The molecule has 0 aromatic rings. The van der Waals surface area contributed by atoms with Crippen LogP contribution in [0.25, 0.3) is 0 Å². The van der Waals surface area contributed by atoms with Gasteiger partial charge in [0.15, 0.2) is 0 Å². The van der Waals surface area contributed by atoms with Gasteiger partial charge in [0.2, 0.25) is 0 Å². The fourth-order valence-corrected chi connectivity index (χ4v) is 2.24. The lowest BCUT2D eigenvalue weighted by molar-refractivity contribution is 0.189. The van der Waals surface area contributed by atoms with Crippen molar-refractivity contribution >= 4 is 6.09 Å². The van der Waals surface area contributed by atoms with E-state index in [1.54, 1.807) is 0 Å². The van der Waals surface area contributed by atoms with Gasteiger partial charge >= 0.3 is 6.09 Å². The van der Waals surface area contributed by atoms with Crippen LogP contribution in [0.4, 0.5) is 4.79 Å². The zero-order valence-corrected chi connectivity index (χ0v) is 9.62. The van der Waals surface area contributed by atoms with Gasteiger partial charge < -0.3 is 15.7 Å². The van der Waals surface area contributed by atoms with E-state index in [2.05, 4.69) is 24.5 Å². The molecule has 1 aliphatic rings. The molecule has 15 heavy (non-hydrogen) atoms. The number of carbonyl (C=O) groups is 1. The lowest BCUT2D eigenvalue weighted by Crippen LogP contribution is -2.39. The average Bonchev–Trinajstić information content (AvgIpc) is 2.16. The van der Waals surface area contributed by atoms with E-state index in [9.17, 15) is 4.79 Å². The first kappa shape index (κ1) is 12.3. The zero-order chi connectivity index (χ0) is 11.3. The zero-order valence-electron chi connectivity index (χ0n) is 9.62. The minimum absolute atomic E-state index is 0.534. The van der Waals surface area contributed by atoms with E-state index in [0.717, 1.165) is 12.8 Å². The molecular weight excluding hydrogens is 192 g/mol. The summed E-state index contributed by atoms with van der Waals surface area (Å²) in [6, 6.07) is 1.18. The molecule has 1 rings (SSSR count). The summed E-state index contributed by atoms with van der Waals surface area (Å²) in [5.74, 6) is 0.534. The Hall–Kier alpha value is -0.770. The molecule has 1 aliphatic carbocycles. The van der Waals surface area contributed by atoms with Gasteiger partial charge in [-0.05, 0) is 31.6 Å². The van der Waals surface area contributed by atoms with Gasteiger partial charge in [-0.25, -0.2) is 4.79 Å². The van der Waals surface area contributed by atoms with Gasteiger partial charge in [-0.3, -0.25) is 0 Å². The third kappa shape index (κ3) is 5.02. The highest BCUT2D eigenvalue weighted by molar-refractivity contribution is 5.64. The van der Waals surface area contributed by atoms with Crippen LogP contribution < -0.4 is 10.6 Å². The van der Waals surface area contributed by atoms with E-state index in [1.807, 2.05) is 0 Å². The van der Waals surface area contributed by atoms with Gasteiger partial charge in [0.25, 0.3) is 0 Å². The SMILES string of the molecule is CC(C)NC1CCC(CNC(=O)O)CC1. The van der Waals surface area contributed by atoms with Crippen LogP contribution in [0.5, 0.6) is 0 Å². The average molecular weight is 214 g/mol. The Morgan fingerprint density at radius 2 is 1.93 bits per heavy atom. The highest BCUT2D eigenvalue weighted by Crippen LogP contribution is 2.23. The van der Waals surface area contributed by atoms with E-state index in [-0.39, 0.29) is 0 Å². The van der Waals surface area contributed by atoms with Gasteiger partial charge in [-0.1, -0.05) is 13.8 Å². The topological polar surface area (TPSA) is 61.4 Å². The number of rotatable bonds is 4. The van der Waals surface area contributed by atoms with Crippen molar-refractivity contribution in [2.24, 2.45) is 5.92 Å². The van der Waals surface area contributed by atoms with Gasteiger partial charge in [0, 0.05) is 18.6 Å². The van der Waals surface area contributed by atoms with Crippen molar-refractivity contribution in [1.82, 2.24) is 10.6 Å². The number of hydrogen-bond donors (Lipinski definition) is 3. The summed E-state index contributed by atoms with van der Waals surface area (Å²) in [6.07, 6.45) is 3.70. The van der Waals surface area contributed by atoms with Crippen LogP contribution in [-0.2, 0) is 0 Å². The van der Waals surface area contributed by atoms with Gasteiger partial charge in [-0.2, -0.15) is 0 Å². The lowest BCUT2D eigenvalue weighted by Gasteiger charge is -2.30. The summed E-state index contributed by atoms with van der Waals surface area (Å²) < 4.78 is 0. The Bertz CT molecular complexity index is 199. The molecule has 1 saturated carbocycles. The first-order chi connectivity index (χ1) is 7.08. The predicted molar refractivity (Wildman–Crippen MR) is 60.0 cm³/mol. The van der Waals surface area contributed by atoms with E-state index in [1.165, 1.54) is 12.8 Å². The monoisotopic (exact) mass is 214 g/mol. The summed E-state index contributed by atoms with van der Waals surface area (Å²) >= 11 is 0. The molecule has 0 aromatic heterocycles. The van der Waals surface area contributed by atoms with Crippen LogP contribution in [-0.4, -0.2) is 29.8 Å². The number of amides is 1. The molecule has 1 amide bonds. The predicted octanol–water partition coefficient (Wildman–Crippen LogP) is 1.81. The van der Waals surface area contributed by atoms with Crippen molar-refractivity contribution in [1.29, 1.82) is 0 Å². The molecule has 0 atom stereocenters. The van der Waals surface area contributed by atoms with Crippen LogP contribution >= 0.6 is 0 Å². The summed E-state index contributed by atoms with van der Waals surface area (Å²) in [5.41, 5.74) is 0. The molecule has 0 unspecified atom stereocenters. The number of carboxylic acid groups (broad SMARTS) is 1. The number of nitrogens with one attached hydrogen (secondary N) is 2. The van der Waals surface area contributed by atoms with Crippen molar-refractivity contribution < 1.29 is 9.90 Å². The Morgan fingerprint density at radius 1 is 1.33 bits per heavy atom. The molecule has 1 fully saturated rings. The van der Waals surface area contributed by atoms with Gasteiger partial charge in [0.1, 0.15) is 0 Å². The maximum Gasteiger partial charge on any atom is 0.404 e. The third-order valence-corrected chi connectivity index (χ3v) is 2.96. The molecule has 0 spiro atoms. The fourth-order valence-electron chi connectivity index (χ4n) is 2.24. The maximum absolute atomic E-state index is 10.3. The van der Waals surface area contributed by atoms with Crippen LogP contribution in [0.1, 0.15) is 39.5 Å². The Balaban J connectivity index is 2.15. The van der Waals surface area contributed by atoms with E-state index in [0.29, 0.717) is 24.5 Å². The summed E-state index contributed by atoms with van der Waals surface area (Å²) in [4.78, 5) is 10.3. The van der Waals surface area contributed by atoms with E-state index in [4.69, 9.17) is 5.11 Å². The smallest absolute Gasteiger partial charge is 0.404 e. The maximum atomic E-state index is 10.3. The van der Waals surface area contributed by atoms with Gasteiger partial charge in [-0.15, -0.1) is 0 Å². The van der Waals surface area contributed by atoms with E-state index >= 15 is 0 Å². The summed E-state index contributed by atoms with van der Waals surface area (Å²) in [6.45, 7) is 4.94. The molecule has 0 bridgehead atoms. The van der Waals surface area contributed by atoms with Crippen LogP contribution in [0.15, 0.2) is 0 Å². The van der Waals surface area contributed by atoms with E-state index < -0.39 is 6.09 Å². The molecular formula is C11H22N2O2. The molecule has 0 aromatic carbocycles. The summed E-state index contributed by atoms with van der Waals surface area (Å²) in [5, 5.41) is 14.5. The molecule has 0 aliphatic heterocycles. The minimum Gasteiger partial charge on any atom is -0.465 e. The fraction of sp³-hybridized carbons (Fsp3) is 0.909. The first-order valence-corrected chi connectivity index (χ1v) is 5.80. The Kier molecular flexibility index (Phi) is 4.88. The third-order valence-electron chi connectivity index (χ3n) is 2.96. The van der Waals surface area contributed by atoms with Crippen molar-refractivity contribution in [3.8, 4) is 0 Å². The Morgan fingerprint density at radius 3 is 2.40 bits per heavy atom. The molecule has 88 valence electrons. The number of hydrogen-bond acceptors (Lipinski definition) is 2. The Labute approximate surface area is 91.4 Å². The largest absolute Gasteiger partial charge is 0.465 e. The van der Waals surface area contributed by atoms with Crippen molar-refractivity contribution in [2.75, 3.05) is 6.54 Å². The molecule has 4 nitrogen and oxygen atoms in total. The highest BCUT2D eigenvalue weighted by Gasteiger charge is 2.21. The highest BCUT2D eigenvalue weighted by atomic mass is 16.4. The van der Waals surface area contributed by atoms with Gasteiger partial charge in [0.05, 0.1) is 0 Å². The van der Waals surface area contributed by atoms with Crippen molar-refractivity contribution in [3.63, 3.8) is 0 Å². The first-order valence-electron chi connectivity index (χ1n) is 5.80. The molecule has 0 saturated heterocycles. The molecule has 3 N–H and O–H groups in total. The second kappa shape index (κ2) is 5.95. The minimum atomic E-state index is -0.905. The van der Waals surface area contributed by atoms with Crippen LogP contribution in [0, 0.1) is 5.92 Å². The normalized spacial score (nSPS) is 26.6. The van der Waals surface area contributed by atoms with Crippen LogP contribution in [0.2, 0.25) is 0 Å². The van der Waals surface area contributed by atoms with Crippen LogP contribution in [0.3, 0.4) is 0 Å². The molecule has 0 radical (unpaired) electrons. The molecule has 0 heterocycles. The second-order valence-corrected chi connectivity index (χ2v) is 4.73. The quantitative estimate of drug-likeness (QED) is 0.669.